The first-order chi connectivity index (χ1) is 14.0. The number of aliphatic hydroxyl groups excluding tert-OH is 1. The number of carbonyl (C=O) groups excluding carboxylic acids is 1. The maximum absolute atomic E-state index is 11.3. The Morgan fingerprint density at radius 3 is 2.45 bits per heavy atom. The quantitative estimate of drug-likeness (QED) is 0.633. The summed E-state index contributed by atoms with van der Waals surface area (Å²) < 4.78 is 5.83. The van der Waals surface area contributed by atoms with Crippen LogP contribution in [0.15, 0.2) is 55.0 Å². The number of aliphatic hydroxyl groups is 1. The number of benzene rings is 1. The highest BCUT2D eigenvalue weighted by atomic mass is 16.5. The molecule has 0 unspecified atom stereocenters. The van der Waals surface area contributed by atoms with Crippen molar-refractivity contribution in [1.82, 2.24) is 19.9 Å². The summed E-state index contributed by atoms with van der Waals surface area (Å²) in [4.78, 5) is 25.8. The van der Waals surface area contributed by atoms with Gasteiger partial charge in [-0.3, -0.25) is 14.8 Å². The molecular weight excluding hydrogens is 368 g/mol. The number of pyridine rings is 1. The highest BCUT2D eigenvalue weighted by Crippen LogP contribution is 2.24. The molecule has 0 bridgehead atoms. The Morgan fingerprint density at radius 1 is 1.03 bits per heavy atom. The van der Waals surface area contributed by atoms with E-state index < -0.39 is 0 Å². The Kier molecular flexibility index (Phi) is 6.86. The van der Waals surface area contributed by atoms with Crippen molar-refractivity contribution in [2.45, 2.75) is 26.4 Å². The van der Waals surface area contributed by atoms with Gasteiger partial charge in [-0.1, -0.05) is 18.2 Å². The summed E-state index contributed by atoms with van der Waals surface area (Å²) in [5.41, 5.74) is 3.43. The van der Waals surface area contributed by atoms with Gasteiger partial charge >= 0.3 is 0 Å². The highest BCUT2D eigenvalue weighted by Gasteiger charge is 2.06. The average molecular weight is 392 g/mol. The minimum absolute atomic E-state index is 0.0525. The molecule has 2 aromatic heterocycles. The first-order valence-corrected chi connectivity index (χ1v) is 9.42. The smallest absolute Gasteiger partial charge is 0.238 e. The number of nitrogens with zero attached hydrogens (tertiary/aromatic N) is 4. The number of rotatable bonds is 8. The van der Waals surface area contributed by atoms with Crippen LogP contribution in [-0.4, -0.2) is 44.5 Å². The molecule has 0 aliphatic carbocycles. The number of aryl methyl sites for hydroxylation is 1. The van der Waals surface area contributed by atoms with Crippen molar-refractivity contribution in [3.8, 4) is 22.8 Å². The van der Waals surface area contributed by atoms with Crippen LogP contribution in [0.25, 0.3) is 11.1 Å². The first-order valence-electron chi connectivity index (χ1n) is 9.42. The van der Waals surface area contributed by atoms with Crippen LogP contribution in [-0.2, 0) is 17.8 Å². The lowest BCUT2D eigenvalue weighted by atomic mass is 10.1. The zero-order valence-corrected chi connectivity index (χ0v) is 16.6. The first kappa shape index (κ1) is 20.4. The van der Waals surface area contributed by atoms with E-state index in [1.165, 1.54) is 0 Å². The molecule has 1 aromatic carbocycles. The summed E-state index contributed by atoms with van der Waals surface area (Å²) in [7, 11) is 1.79. The molecule has 0 spiro atoms. The predicted octanol–water partition coefficient (Wildman–Crippen LogP) is 3.23. The molecule has 2 heterocycles. The maximum Gasteiger partial charge on any atom is 0.238 e. The molecule has 3 aromatic rings. The van der Waals surface area contributed by atoms with E-state index in [2.05, 4.69) is 15.0 Å². The molecule has 3 rings (SSSR count). The number of carbonyl (C=O) groups is 1. The van der Waals surface area contributed by atoms with Crippen LogP contribution < -0.4 is 4.74 Å². The molecule has 0 atom stereocenters. The second-order valence-corrected chi connectivity index (χ2v) is 6.72. The molecule has 150 valence electrons. The molecule has 0 aliphatic heterocycles. The SMILES string of the molecule is CC(=O)N(C)CCCc1cncc(Oc2ccc(-c3ccc(CO)nc3)cc2)n1. The molecule has 1 amide bonds. The van der Waals surface area contributed by atoms with Crippen LogP contribution in [0.3, 0.4) is 0 Å². The average Bonchev–Trinajstić information content (AvgIpc) is 2.74. The van der Waals surface area contributed by atoms with E-state index in [9.17, 15) is 4.79 Å². The molecule has 0 saturated heterocycles. The van der Waals surface area contributed by atoms with E-state index in [0.29, 0.717) is 23.9 Å². The van der Waals surface area contributed by atoms with Gasteiger partial charge in [-0.25, -0.2) is 4.98 Å². The minimum atomic E-state index is -0.0689. The zero-order chi connectivity index (χ0) is 20.6. The van der Waals surface area contributed by atoms with Crippen molar-refractivity contribution in [3.63, 3.8) is 0 Å². The van der Waals surface area contributed by atoms with Gasteiger partial charge in [-0.15, -0.1) is 0 Å². The maximum atomic E-state index is 11.3. The van der Waals surface area contributed by atoms with Crippen molar-refractivity contribution in [1.29, 1.82) is 0 Å². The Morgan fingerprint density at radius 2 is 1.79 bits per heavy atom. The predicted molar refractivity (Wildman–Crippen MR) is 109 cm³/mol. The van der Waals surface area contributed by atoms with Crippen LogP contribution in [0.4, 0.5) is 0 Å². The fourth-order valence-corrected chi connectivity index (χ4v) is 2.74. The fourth-order valence-electron chi connectivity index (χ4n) is 2.74. The lowest BCUT2D eigenvalue weighted by Gasteiger charge is -2.14. The molecule has 1 N–H and O–H groups in total. The van der Waals surface area contributed by atoms with Crippen molar-refractivity contribution >= 4 is 5.91 Å². The second kappa shape index (κ2) is 9.75. The monoisotopic (exact) mass is 392 g/mol. The van der Waals surface area contributed by atoms with E-state index in [-0.39, 0.29) is 12.5 Å². The standard InChI is InChI=1S/C22H24N4O3/c1-16(28)26(2)11-3-4-19-13-23-14-22(25-19)29-21-9-6-17(7-10-21)18-5-8-20(15-27)24-12-18/h5-10,12-14,27H,3-4,11,15H2,1-2H3. The second-order valence-electron chi connectivity index (χ2n) is 6.72. The van der Waals surface area contributed by atoms with Crippen molar-refractivity contribution in [2.75, 3.05) is 13.6 Å². The van der Waals surface area contributed by atoms with Crippen LogP contribution >= 0.6 is 0 Å². The summed E-state index contributed by atoms with van der Waals surface area (Å²) >= 11 is 0. The highest BCUT2D eigenvalue weighted by molar-refractivity contribution is 5.72. The van der Waals surface area contributed by atoms with Gasteiger partial charge in [0.15, 0.2) is 0 Å². The third-order valence-corrected chi connectivity index (χ3v) is 4.52. The molecule has 0 aliphatic rings. The van der Waals surface area contributed by atoms with Crippen LogP contribution in [0.2, 0.25) is 0 Å². The molecule has 7 nitrogen and oxygen atoms in total. The van der Waals surface area contributed by atoms with Gasteiger partial charge in [0, 0.05) is 38.5 Å². The Bertz CT molecular complexity index is 943. The van der Waals surface area contributed by atoms with Crippen molar-refractivity contribution < 1.29 is 14.6 Å². The Labute approximate surface area is 170 Å². The van der Waals surface area contributed by atoms with Crippen molar-refractivity contribution in [3.05, 3.63) is 66.4 Å². The summed E-state index contributed by atoms with van der Waals surface area (Å²) in [5, 5.41) is 9.08. The summed E-state index contributed by atoms with van der Waals surface area (Å²) in [5.74, 6) is 1.15. The molecule has 29 heavy (non-hydrogen) atoms. The van der Waals surface area contributed by atoms with Gasteiger partial charge in [-0.05, 0) is 36.6 Å². The summed E-state index contributed by atoms with van der Waals surface area (Å²) in [6, 6.07) is 11.3. The topological polar surface area (TPSA) is 88.4 Å². The minimum Gasteiger partial charge on any atom is -0.437 e. The third kappa shape index (κ3) is 5.83. The van der Waals surface area contributed by atoms with Crippen LogP contribution in [0.1, 0.15) is 24.7 Å². The van der Waals surface area contributed by atoms with Gasteiger partial charge < -0.3 is 14.7 Å². The van der Waals surface area contributed by atoms with E-state index in [0.717, 1.165) is 29.7 Å². The van der Waals surface area contributed by atoms with Crippen LogP contribution in [0.5, 0.6) is 11.6 Å². The number of ether oxygens (including phenoxy) is 1. The van der Waals surface area contributed by atoms with Gasteiger partial charge in [-0.2, -0.15) is 0 Å². The summed E-state index contributed by atoms with van der Waals surface area (Å²) in [6.07, 6.45) is 6.56. The normalized spacial score (nSPS) is 10.6. The van der Waals surface area contributed by atoms with Crippen LogP contribution in [0, 0.1) is 0 Å². The van der Waals surface area contributed by atoms with Gasteiger partial charge in [0.1, 0.15) is 5.75 Å². The number of amides is 1. The number of hydrogen-bond donors (Lipinski definition) is 1. The zero-order valence-electron chi connectivity index (χ0n) is 16.6. The van der Waals surface area contributed by atoms with E-state index in [1.807, 2.05) is 30.3 Å². The molecule has 0 fully saturated rings. The Balaban J connectivity index is 1.60. The summed E-state index contributed by atoms with van der Waals surface area (Å²) in [6.45, 7) is 2.17. The van der Waals surface area contributed by atoms with Gasteiger partial charge in [0.25, 0.3) is 0 Å². The van der Waals surface area contributed by atoms with E-state index in [4.69, 9.17) is 9.84 Å². The molecule has 7 heteroatoms. The van der Waals surface area contributed by atoms with E-state index in [1.54, 1.807) is 43.5 Å². The third-order valence-electron chi connectivity index (χ3n) is 4.52. The Hall–Kier alpha value is -3.32. The lowest BCUT2D eigenvalue weighted by Crippen LogP contribution is -2.25. The fraction of sp³-hybridized carbons (Fsp3) is 0.273. The molecule has 0 saturated carbocycles. The number of aromatic nitrogens is 3. The van der Waals surface area contributed by atoms with Crippen molar-refractivity contribution in [2.24, 2.45) is 0 Å². The molecule has 0 radical (unpaired) electrons. The lowest BCUT2D eigenvalue weighted by molar-refractivity contribution is -0.127. The molecular formula is C22H24N4O3. The van der Waals surface area contributed by atoms with Gasteiger partial charge in [0.2, 0.25) is 11.8 Å². The largest absolute Gasteiger partial charge is 0.437 e. The number of hydrogen-bond acceptors (Lipinski definition) is 6. The van der Waals surface area contributed by atoms with E-state index >= 15 is 0 Å². The van der Waals surface area contributed by atoms with Gasteiger partial charge in [0.05, 0.1) is 24.2 Å².